The average Bonchev–Trinajstić information content (AvgIpc) is 3.62. The average molecular weight is 797 g/mol. The lowest BCUT2D eigenvalue weighted by Gasteiger charge is -2.17. The van der Waals surface area contributed by atoms with Crippen LogP contribution in [0.5, 0.6) is 5.75 Å². The van der Waals surface area contributed by atoms with Gasteiger partial charge in [-0.1, -0.05) is 48.5 Å². The zero-order chi connectivity index (χ0) is 41.5. The van der Waals surface area contributed by atoms with Crippen molar-refractivity contribution in [1.29, 1.82) is 0 Å². The van der Waals surface area contributed by atoms with Crippen LogP contribution in [0, 0.1) is 7.43 Å². The third kappa shape index (κ3) is 8.89. The van der Waals surface area contributed by atoms with E-state index in [-0.39, 0.29) is 56.3 Å². The molecule has 0 atom stereocenters. The van der Waals surface area contributed by atoms with E-state index in [0.717, 1.165) is 4.90 Å². The van der Waals surface area contributed by atoms with Gasteiger partial charge in [0.15, 0.2) is 0 Å². The number of carboxylic acids is 2. The molecular weight excluding hydrogens is 759 g/mol. The number of carbonyl (C=O) groups excluding carboxylic acids is 4. The van der Waals surface area contributed by atoms with Crippen LogP contribution in [0.2, 0.25) is 0 Å². The van der Waals surface area contributed by atoms with Crippen LogP contribution >= 0.6 is 0 Å². The smallest absolute Gasteiger partial charge is 0.337 e. The Labute approximate surface area is 337 Å². The minimum atomic E-state index is -1.03. The van der Waals surface area contributed by atoms with E-state index in [1.54, 1.807) is 116 Å². The van der Waals surface area contributed by atoms with Gasteiger partial charge in [0.25, 0.3) is 29.2 Å². The summed E-state index contributed by atoms with van der Waals surface area (Å²) in [5, 5.41) is 17.5. The third-order valence-electron chi connectivity index (χ3n) is 9.23. The minimum absolute atomic E-state index is 0. The van der Waals surface area contributed by atoms with Crippen molar-refractivity contribution in [3.8, 4) is 11.4 Å². The lowest BCUT2D eigenvalue weighted by Crippen LogP contribution is -2.33. The molecule has 0 fully saturated rings. The predicted molar refractivity (Wildman–Crippen MR) is 218 cm³/mol. The molecule has 15 heteroatoms. The van der Waals surface area contributed by atoms with Crippen LogP contribution in [-0.2, 0) is 11.2 Å². The fourth-order valence-corrected chi connectivity index (χ4v) is 6.34. The standard InChI is InChI=1S/C25H19N3O4.C11H9NO4.C7H7NO2.CH3/c1-32-17-12-10-16(11-13-17)28-22(26-21-9-5-4-8-20(21)25(28)31)14-15-27-23(29)18-6-2-3-7-19(18)24(27)30;13-9(14)5-6-12-10(15)7-3-1-2-4-8(7)11(12)16;8-6-4-2-1-3-5(6)7(9)10;/h2-13H,14-15H2,1H3;1-4H,5-6H2,(H,13,14);1-4H,8H2,(H,9,10);1H3/q;;;-1. The highest BCUT2D eigenvalue weighted by Gasteiger charge is 2.36. The van der Waals surface area contributed by atoms with Crippen LogP contribution in [0.25, 0.3) is 16.6 Å². The van der Waals surface area contributed by atoms with E-state index in [2.05, 4.69) is 0 Å². The number of nitrogens with zero attached hydrogens (tertiary/aromatic N) is 4. The Hall–Kier alpha value is -7.94. The summed E-state index contributed by atoms with van der Waals surface area (Å²) >= 11 is 0. The fraction of sp³-hybridized carbons (Fsp3) is 0.114. The van der Waals surface area contributed by atoms with E-state index in [1.807, 2.05) is 6.07 Å². The number of carbonyl (C=O) groups is 6. The summed E-state index contributed by atoms with van der Waals surface area (Å²) in [7, 11) is 1.58. The van der Waals surface area contributed by atoms with Gasteiger partial charge in [0.1, 0.15) is 11.6 Å². The quantitative estimate of drug-likeness (QED) is 0.0951. The molecule has 5 aromatic carbocycles. The number of fused-ring (bicyclic) bond motifs is 3. The van der Waals surface area contributed by atoms with Gasteiger partial charge in [-0.3, -0.25) is 43.1 Å². The predicted octanol–water partition coefficient (Wildman–Crippen LogP) is 5.41. The molecule has 0 aliphatic carbocycles. The van der Waals surface area contributed by atoms with E-state index in [1.165, 1.54) is 15.5 Å². The fourth-order valence-electron chi connectivity index (χ4n) is 6.34. The highest BCUT2D eigenvalue weighted by molar-refractivity contribution is 6.22. The molecule has 2 aliphatic heterocycles. The van der Waals surface area contributed by atoms with E-state index in [0.29, 0.717) is 56.1 Å². The van der Waals surface area contributed by atoms with Crippen molar-refractivity contribution in [3.05, 3.63) is 173 Å². The first-order valence-electron chi connectivity index (χ1n) is 17.8. The van der Waals surface area contributed by atoms with Gasteiger partial charge in [-0.05, 0) is 72.8 Å². The number of rotatable bonds is 9. The first kappa shape index (κ1) is 42.2. The van der Waals surface area contributed by atoms with Crippen LogP contribution in [-0.4, -0.2) is 85.3 Å². The van der Waals surface area contributed by atoms with Crippen molar-refractivity contribution in [2.24, 2.45) is 0 Å². The monoisotopic (exact) mass is 796 g/mol. The number of aromatic carboxylic acids is 1. The Morgan fingerprint density at radius 3 is 1.59 bits per heavy atom. The van der Waals surface area contributed by atoms with E-state index in [9.17, 15) is 33.6 Å². The maximum absolute atomic E-state index is 13.4. The number of benzene rings is 5. The van der Waals surface area contributed by atoms with Gasteiger partial charge in [0, 0.05) is 25.2 Å². The Morgan fingerprint density at radius 2 is 1.12 bits per heavy atom. The molecule has 0 radical (unpaired) electrons. The molecule has 4 N–H and O–H groups in total. The van der Waals surface area contributed by atoms with Crippen LogP contribution < -0.4 is 16.0 Å². The summed E-state index contributed by atoms with van der Waals surface area (Å²) in [6.45, 7) is 0.0367. The summed E-state index contributed by atoms with van der Waals surface area (Å²) in [6, 6.07) is 33.8. The molecule has 0 unspecified atom stereocenters. The van der Waals surface area contributed by atoms with Gasteiger partial charge < -0.3 is 28.1 Å². The van der Waals surface area contributed by atoms with Crippen molar-refractivity contribution in [3.63, 3.8) is 0 Å². The Balaban J connectivity index is 0.000000203. The molecule has 0 bridgehead atoms. The third-order valence-corrected chi connectivity index (χ3v) is 9.23. The summed E-state index contributed by atoms with van der Waals surface area (Å²) in [6.07, 6.45) is 0.00302. The topological polar surface area (TPSA) is 219 Å². The Morgan fingerprint density at radius 1 is 0.644 bits per heavy atom. The molecule has 3 heterocycles. The SMILES string of the molecule is COc1ccc(-n2c(CCN3C(=O)c4ccccc4C3=O)nc3ccccc3c2=O)cc1.Nc1ccccc1C(=O)O.O=C(O)CCN1C(=O)c2ccccc2C1=O.[CH3-]. The molecular formula is C44H38N5O10-. The zero-order valence-corrected chi connectivity index (χ0v) is 31.9. The zero-order valence-electron chi connectivity index (χ0n) is 31.9. The molecule has 15 nitrogen and oxygen atoms in total. The molecule has 6 aromatic rings. The van der Waals surface area contributed by atoms with Crippen molar-refractivity contribution in [2.45, 2.75) is 12.8 Å². The van der Waals surface area contributed by atoms with Gasteiger partial charge in [0.2, 0.25) is 0 Å². The minimum Gasteiger partial charge on any atom is -0.497 e. The number of imide groups is 2. The summed E-state index contributed by atoms with van der Waals surface area (Å²) in [5.74, 6) is -2.37. The summed E-state index contributed by atoms with van der Waals surface area (Å²) in [4.78, 5) is 89.9. The number of amides is 4. The van der Waals surface area contributed by atoms with Gasteiger partial charge in [-0.15, -0.1) is 0 Å². The summed E-state index contributed by atoms with van der Waals surface area (Å²) in [5.41, 5.74) is 8.28. The largest absolute Gasteiger partial charge is 0.497 e. The van der Waals surface area contributed by atoms with Crippen LogP contribution in [0.4, 0.5) is 5.69 Å². The maximum atomic E-state index is 13.4. The number of ether oxygens (including phenoxy) is 1. The van der Waals surface area contributed by atoms with Crippen molar-refractivity contribution in [1.82, 2.24) is 19.4 Å². The molecule has 1 aromatic heterocycles. The maximum Gasteiger partial charge on any atom is 0.337 e. The molecule has 0 saturated heterocycles. The van der Waals surface area contributed by atoms with Gasteiger partial charge in [-0.25, -0.2) is 9.78 Å². The molecule has 0 saturated carbocycles. The van der Waals surface area contributed by atoms with Crippen molar-refractivity contribution >= 4 is 52.2 Å². The number of para-hydroxylation sites is 2. The van der Waals surface area contributed by atoms with Crippen molar-refractivity contribution < 1.29 is 43.7 Å². The van der Waals surface area contributed by atoms with Crippen LogP contribution in [0.1, 0.15) is 64.0 Å². The van der Waals surface area contributed by atoms with Gasteiger partial charge in [0.05, 0.1) is 57.9 Å². The molecule has 300 valence electrons. The van der Waals surface area contributed by atoms with Crippen molar-refractivity contribution in [2.75, 3.05) is 25.9 Å². The highest BCUT2D eigenvalue weighted by Crippen LogP contribution is 2.24. The number of nitrogen functional groups attached to an aromatic ring is 1. The second kappa shape index (κ2) is 18.3. The number of anilines is 1. The second-order valence-electron chi connectivity index (χ2n) is 12.8. The first-order valence-corrected chi connectivity index (χ1v) is 17.8. The Kier molecular flexibility index (Phi) is 13.1. The number of carboxylic acid groups (broad SMARTS) is 2. The lowest BCUT2D eigenvalue weighted by atomic mass is 10.1. The van der Waals surface area contributed by atoms with Gasteiger partial charge in [-0.2, -0.15) is 0 Å². The number of aromatic nitrogens is 2. The number of hydrogen-bond donors (Lipinski definition) is 3. The Bertz CT molecular complexity index is 2590. The van der Waals surface area contributed by atoms with E-state index < -0.39 is 23.8 Å². The molecule has 2 aliphatic rings. The number of methoxy groups -OCH3 is 1. The normalized spacial score (nSPS) is 12.4. The highest BCUT2D eigenvalue weighted by atomic mass is 16.5. The van der Waals surface area contributed by atoms with Crippen LogP contribution in [0.15, 0.2) is 126 Å². The number of hydrogen-bond acceptors (Lipinski definition) is 10. The van der Waals surface area contributed by atoms with E-state index >= 15 is 0 Å². The first-order chi connectivity index (χ1) is 27.9. The second-order valence-corrected chi connectivity index (χ2v) is 12.8. The van der Waals surface area contributed by atoms with Gasteiger partial charge >= 0.3 is 11.9 Å². The molecule has 8 rings (SSSR count). The number of aliphatic carboxylic acids is 1. The lowest BCUT2D eigenvalue weighted by molar-refractivity contribution is -0.137. The van der Waals surface area contributed by atoms with Crippen LogP contribution in [0.3, 0.4) is 0 Å². The molecule has 4 amide bonds. The van der Waals surface area contributed by atoms with E-state index in [4.69, 9.17) is 25.7 Å². The number of nitrogens with two attached hydrogens (primary N) is 1. The summed E-state index contributed by atoms with van der Waals surface area (Å²) < 4.78 is 6.75. The molecule has 0 spiro atoms. The molecule has 59 heavy (non-hydrogen) atoms.